The van der Waals surface area contributed by atoms with Crippen molar-refractivity contribution in [2.75, 3.05) is 17.1 Å². The molecule has 12 heteroatoms. The van der Waals surface area contributed by atoms with Gasteiger partial charge in [0.1, 0.15) is 34.3 Å². The van der Waals surface area contributed by atoms with Crippen LogP contribution in [0, 0.1) is 5.82 Å². The van der Waals surface area contributed by atoms with Crippen molar-refractivity contribution < 1.29 is 41.5 Å². The first-order valence-corrected chi connectivity index (χ1v) is 10.8. The van der Waals surface area contributed by atoms with Crippen LogP contribution in [0.1, 0.15) is 17.3 Å². The van der Waals surface area contributed by atoms with E-state index in [1.807, 2.05) is 0 Å². The fraction of sp³-hybridized carbons (Fsp3) is 0.150. The highest BCUT2D eigenvalue weighted by Gasteiger charge is 2.29. The molecule has 1 amide bonds. The Morgan fingerprint density at radius 3 is 2.34 bits per heavy atom. The Hall–Kier alpha value is -3.93. The Morgan fingerprint density at radius 2 is 1.81 bits per heavy atom. The number of benzene rings is 2. The molecule has 10 nitrogen and oxygen atoms in total. The maximum Gasteiger partial charge on any atom is 0.412 e. The molecule has 0 aliphatic heterocycles. The normalized spacial score (nSPS) is 11.3. The molecule has 32 heavy (non-hydrogen) atoms. The smallest absolute Gasteiger partial charge is 0.412 e. The summed E-state index contributed by atoms with van der Waals surface area (Å²) in [7, 11) is -3.98. The van der Waals surface area contributed by atoms with Gasteiger partial charge in [0.2, 0.25) is 10.0 Å². The van der Waals surface area contributed by atoms with Gasteiger partial charge in [-0.15, -0.1) is 0 Å². The largest absolute Gasteiger partial charge is 0.506 e. The minimum atomic E-state index is -3.98. The highest BCUT2D eigenvalue weighted by Crippen LogP contribution is 2.40. The maximum atomic E-state index is 13.3. The van der Waals surface area contributed by atoms with Gasteiger partial charge in [0, 0.05) is 17.0 Å². The van der Waals surface area contributed by atoms with Gasteiger partial charge in [-0.2, -0.15) is 0 Å². The Bertz CT molecular complexity index is 1350. The SMILES string of the molecule is CC(=O)CN(c1cc2oc(-c3ccc(F)cc3)c(C(=O)OC(N)=O)c2cc1O)S(C)(=O)=O. The summed E-state index contributed by atoms with van der Waals surface area (Å²) in [6.45, 7) is 0.616. The number of rotatable bonds is 6. The fourth-order valence-electron chi connectivity index (χ4n) is 3.05. The molecule has 3 N–H and O–H groups in total. The van der Waals surface area contributed by atoms with E-state index in [0.717, 1.165) is 30.5 Å². The number of ether oxygens (including phenoxy) is 1. The van der Waals surface area contributed by atoms with Crippen molar-refractivity contribution in [2.24, 2.45) is 5.73 Å². The molecule has 0 radical (unpaired) electrons. The van der Waals surface area contributed by atoms with Gasteiger partial charge in [0.25, 0.3) is 0 Å². The van der Waals surface area contributed by atoms with Crippen LogP contribution in [0.15, 0.2) is 40.8 Å². The minimum absolute atomic E-state index is 0.0342. The molecule has 1 heterocycles. The van der Waals surface area contributed by atoms with E-state index < -0.39 is 46.0 Å². The number of sulfonamides is 1. The zero-order valence-corrected chi connectivity index (χ0v) is 17.6. The Labute approximate surface area is 181 Å². The van der Waals surface area contributed by atoms with E-state index in [1.54, 1.807) is 0 Å². The number of furan rings is 1. The van der Waals surface area contributed by atoms with Gasteiger partial charge in [-0.1, -0.05) is 0 Å². The second-order valence-corrected chi connectivity index (χ2v) is 8.74. The molecular weight excluding hydrogens is 447 g/mol. The van der Waals surface area contributed by atoms with E-state index >= 15 is 0 Å². The third-order valence-electron chi connectivity index (χ3n) is 4.32. The Kier molecular flexibility index (Phi) is 5.90. The zero-order valence-electron chi connectivity index (χ0n) is 16.8. The number of nitrogens with zero attached hydrogens (tertiary/aromatic N) is 1. The number of primary amides is 1. The third kappa shape index (κ3) is 4.54. The highest BCUT2D eigenvalue weighted by atomic mass is 32.2. The van der Waals surface area contributed by atoms with Gasteiger partial charge >= 0.3 is 12.1 Å². The topological polar surface area (TPSA) is 157 Å². The van der Waals surface area contributed by atoms with Crippen molar-refractivity contribution in [1.29, 1.82) is 0 Å². The number of anilines is 1. The highest BCUT2D eigenvalue weighted by molar-refractivity contribution is 7.92. The molecule has 0 atom stereocenters. The van der Waals surface area contributed by atoms with Crippen LogP contribution in [0.5, 0.6) is 5.75 Å². The average molecular weight is 464 g/mol. The number of amides is 1. The first kappa shape index (κ1) is 22.7. The lowest BCUT2D eigenvalue weighted by atomic mass is 10.0. The Balaban J connectivity index is 2.30. The van der Waals surface area contributed by atoms with Gasteiger partial charge in [-0.05, 0) is 37.3 Å². The summed E-state index contributed by atoms with van der Waals surface area (Å²) in [4.78, 5) is 35.2. The van der Waals surface area contributed by atoms with E-state index in [-0.39, 0.29) is 33.5 Å². The lowest BCUT2D eigenvalue weighted by Crippen LogP contribution is -2.34. The monoisotopic (exact) mass is 464 g/mol. The minimum Gasteiger partial charge on any atom is -0.506 e. The summed E-state index contributed by atoms with van der Waals surface area (Å²) < 4.78 is 48.5. The lowest BCUT2D eigenvalue weighted by molar-refractivity contribution is -0.115. The van der Waals surface area contributed by atoms with E-state index in [2.05, 4.69) is 4.74 Å². The van der Waals surface area contributed by atoms with Crippen LogP contribution in [0.2, 0.25) is 0 Å². The number of phenolic OH excluding ortho intramolecular Hbond substituents is 1. The molecule has 0 spiro atoms. The van der Waals surface area contributed by atoms with E-state index in [4.69, 9.17) is 10.2 Å². The number of hydrogen-bond acceptors (Lipinski definition) is 8. The molecule has 0 unspecified atom stereocenters. The molecule has 0 aliphatic carbocycles. The summed E-state index contributed by atoms with van der Waals surface area (Å²) in [5, 5.41) is 10.5. The molecular formula is C20H17FN2O8S. The number of phenols is 1. The summed E-state index contributed by atoms with van der Waals surface area (Å²) >= 11 is 0. The van der Waals surface area contributed by atoms with Crippen LogP contribution in [-0.2, 0) is 19.6 Å². The van der Waals surface area contributed by atoms with Crippen LogP contribution < -0.4 is 10.0 Å². The number of halogens is 1. The van der Waals surface area contributed by atoms with Gasteiger partial charge in [-0.3, -0.25) is 9.10 Å². The molecule has 2 aromatic carbocycles. The molecule has 1 aromatic heterocycles. The Morgan fingerprint density at radius 1 is 1.19 bits per heavy atom. The fourth-order valence-corrected chi connectivity index (χ4v) is 3.97. The molecule has 0 bridgehead atoms. The zero-order chi connectivity index (χ0) is 23.8. The molecule has 0 aliphatic rings. The van der Waals surface area contributed by atoms with Crippen molar-refractivity contribution in [1.82, 2.24) is 0 Å². The molecule has 0 saturated carbocycles. The number of hydrogen-bond donors (Lipinski definition) is 2. The number of carbonyl (C=O) groups is 3. The van der Waals surface area contributed by atoms with Crippen molar-refractivity contribution >= 4 is 44.5 Å². The molecule has 3 rings (SSSR count). The van der Waals surface area contributed by atoms with E-state index in [1.165, 1.54) is 19.1 Å². The second-order valence-electron chi connectivity index (χ2n) is 6.83. The molecule has 0 saturated heterocycles. The van der Waals surface area contributed by atoms with Crippen LogP contribution in [0.3, 0.4) is 0 Å². The predicted molar refractivity (Wildman–Crippen MR) is 111 cm³/mol. The summed E-state index contributed by atoms with van der Waals surface area (Å²) in [6, 6.07) is 6.94. The number of fused-ring (bicyclic) bond motifs is 1. The van der Waals surface area contributed by atoms with Crippen LogP contribution in [0.25, 0.3) is 22.3 Å². The van der Waals surface area contributed by atoms with Gasteiger partial charge in [0.15, 0.2) is 0 Å². The number of aromatic hydroxyl groups is 1. The standard InChI is InChI=1S/C20H17FN2O8S/c1-10(24)9-23(32(2,28)29)14-8-16-13(7-15(14)25)17(19(26)31-20(22)27)18(30-16)11-3-5-12(21)6-4-11/h3-8,25H,9H2,1-2H3,(H2,22,27). The van der Waals surface area contributed by atoms with Crippen LogP contribution in [-0.4, -0.2) is 44.2 Å². The first-order valence-electron chi connectivity index (χ1n) is 8.92. The lowest BCUT2D eigenvalue weighted by Gasteiger charge is -2.21. The summed E-state index contributed by atoms with van der Waals surface area (Å²) in [5.41, 5.74) is 4.50. The predicted octanol–water partition coefficient (Wildman–Crippen LogP) is 2.54. The number of esters is 1. The number of nitrogens with two attached hydrogens (primary N) is 1. The summed E-state index contributed by atoms with van der Waals surface area (Å²) in [6.07, 6.45) is -0.540. The maximum absolute atomic E-state index is 13.3. The van der Waals surface area contributed by atoms with Gasteiger partial charge in [-0.25, -0.2) is 22.4 Å². The molecule has 0 fully saturated rings. The van der Waals surface area contributed by atoms with E-state index in [9.17, 15) is 32.3 Å². The number of carbonyl (C=O) groups excluding carboxylic acids is 3. The summed E-state index contributed by atoms with van der Waals surface area (Å²) in [5.74, 6) is -2.98. The quantitative estimate of drug-likeness (QED) is 0.416. The second kappa shape index (κ2) is 8.30. The van der Waals surface area contributed by atoms with Crippen molar-refractivity contribution in [3.63, 3.8) is 0 Å². The first-order chi connectivity index (χ1) is 14.9. The van der Waals surface area contributed by atoms with Gasteiger partial charge < -0.3 is 20.0 Å². The van der Waals surface area contributed by atoms with E-state index in [0.29, 0.717) is 4.31 Å². The number of Topliss-reactive ketones (excluding diaryl/α,β-unsaturated/α-hetero) is 1. The molecule has 3 aromatic rings. The van der Waals surface area contributed by atoms with Crippen molar-refractivity contribution in [3.8, 4) is 17.1 Å². The van der Waals surface area contributed by atoms with Gasteiger partial charge in [0.05, 0.1) is 18.5 Å². The average Bonchev–Trinajstić information content (AvgIpc) is 3.03. The number of ketones is 1. The van der Waals surface area contributed by atoms with Crippen LogP contribution >= 0.6 is 0 Å². The van der Waals surface area contributed by atoms with Crippen LogP contribution in [0.4, 0.5) is 14.9 Å². The third-order valence-corrected chi connectivity index (χ3v) is 5.45. The van der Waals surface area contributed by atoms with Crippen molar-refractivity contribution in [2.45, 2.75) is 6.92 Å². The molecule has 168 valence electrons. The van der Waals surface area contributed by atoms with Crippen molar-refractivity contribution in [3.05, 3.63) is 47.8 Å².